The van der Waals surface area contributed by atoms with Gasteiger partial charge in [0.25, 0.3) is 5.69 Å². The van der Waals surface area contributed by atoms with Crippen LogP contribution in [0.15, 0.2) is 23.1 Å². The molecule has 0 aliphatic rings. The molecule has 0 amide bonds. The SMILES string of the molecule is CCC(CC)NS(=O)(=O)c1ccc(C)c([N+](=O)[O-])c1. The Bertz CT molecular complexity index is 565. The Morgan fingerprint density at radius 1 is 1.32 bits per heavy atom. The minimum absolute atomic E-state index is 0.0725. The maximum Gasteiger partial charge on any atom is 0.273 e. The van der Waals surface area contributed by atoms with Crippen LogP contribution in [0.2, 0.25) is 0 Å². The zero-order valence-electron chi connectivity index (χ0n) is 11.2. The van der Waals surface area contributed by atoms with Crippen molar-refractivity contribution in [2.75, 3.05) is 0 Å². The van der Waals surface area contributed by atoms with E-state index in [0.717, 1.165) is 6.07 Å². The van der Waals surface area contributed by atoms with Crippen LogP contribution < -0.4 is 4.72 Å². The maximum atomic E-state index is 12.1. The molecule has 0 atom stereocenters. The maximum absolute atomic E-state index is 12.1. The molecule has 0 spiro atoms. The molecular formula is C12H18N2O4S. The molecular weight excluding hydrogens is 268 g/mol. The molecule has 106 valence electrons. The first kappa shape index (κ1) is 15.6. The third kappa shape index (κ3) is 3.74. The lowest BCUT2D eigenvalue weighted by atomic mass is 10.2. The fraction of sp³-hybridized carbons (Fsp3) is 0.500. The van der Waals surface area contributed by atoms with E-state index in [2.05, 4.69) is 4.72 Å². The van der Waals surface area contributed by atoms with Gasteiger partial charge in [0.2, 0.25) is 10.0 Å². The Balaban J connectivity index is 3.15. The minimum atomic E-state index is -3.71. The van der Waals surface area contributed by atoms with Gasteiger partial charge < -0.3 is 0 Å². The largest absolute Gasteiger partial charge is 0.273 e. The van der Waals surface area contributed by atoms with Gasteiger partial charge in [-0.1, -0.05) is 19.9 Å². The third-order valence-corrected chi connectivity index (χ3v) is 4.51. The van der Waals surface area contributed by atoms with Gasteiger partial charge in [0.15, 0.2) is 0 Å². The van der Waals surface area contributed by atoms with E-state index < -0.39 is 14.9 Å². The molecule has 19 heavy (non-hydrogen) atoms. The van der Waals surface area contributed by atoms with Crippen molar-refractivity contribution >= 4 is 15.7 Å². The summed E-state index contributed by atoms with van der Waals surface area (Å²) in [6, 6.07) is 3.76. The first-order valence-corrected chi connectivity index (χ1v) is 7.57. The molecule has 0 fully saturated rings. The van der Waals surface area contributed by atoms with Crippen LogP contribution in [0, 0.1) is 17.0 Å². The number of nitro groups is 1. The second-order valence-electron chi connectivity index (χ2n) is 4.34. The predicted molar refractivity (Wildman–Crippen MR) is 72.5 cm³/mol. The highest BCUT2D eigenvalue weighted by atomic mass is 32.2. The fourth-order valence-electron chi connectivity index (χ4n) is 1.70. The summed E-state index contributed by atoms with van der Waals surface area (Å²) in [5.41, 5.74) is 0.249. The van der Waals surface area contributed by atoms with Crippen LogP contribution in [0.5, 0.6) is 0 Å². The first-order valence-electron chi connectivity index (χ1n) is 6.09. The summed E-state index contributed by atoms with van der Waals surface area (Å²) < 4.78 is 26.8. The summed E-state index contributed by atoms with van der Waals surface area (Å²) in [5.74, 6) is 0. The van der Waals surface area contributed by atoms with Crippen molar-refractivity contribution in [3.63, 3.8) is 0 Å². The number of hydrogen-bond acceptors (Lipinski definition) is 4. The summed E-state index contributed by atoms with van der Waals surface area (Å²) in [5, 5.41) is 10.8. The Kier molecular flexibility index (Phi) is 5.02. The zero-order chi connectivity index (χ0) is 14.6. The third-order valence-electron chi connectivity index (χ3n) is 3.00. The molecule has 0 aliphatic carbocycles. The Hall–Kier alpha value is -1.47. The highest BCUT2D eigenvalue weighted by Gasteiger charge is 2.21. The molecule has 1 aromatic rings. The second kappa shape index (κ2) is 6.12. The normalized spacial score (nSPS) is 11.8. The van der Waals surface area contributed by atoms with Gasteiger partial charge in [-0.2, -0.15) is 0 Å². The smallest absolute Gasteiger partial charge is 0.258 e. The van der Waals surface area contributed by atoms with E-state index in [1.54, 1.807) is 6.92 Å². The topological polar surface area (TPSA) is 89.3 Å². The van der Waals surface area contributed by atoms with Crippen LogP contribution in [0.1, 0.15) is 32.3 Å². The highest BCUT2D eigenvalue weighted by Crippen LogP contribution is 2.22. The fourth-order valence-corrected chi connectivity index (χ4v) is 3.12. The van der Waals surface area contributed by atoms with Crippen LogP contribution in [-0.2, 0) is 10.0 Å². The van der Waals surface area contributed by atoms with Crippen LogP contribution in [-0.4, -0.2) is 19.4 Å². The summed E-state index contributed by atoms with van der Waals surface area (Å²) in [4.78, 5) is 10.2. The van der Waals surface area contributed by atoms with Crippen molar-refractivity contribution < 1.29 is 13.3 Å². The molecule has 1 N–H and O–H groups in total. The van der Waals surface area contributed by atoms with Gasteiger partial charge in [0.05, 0.1) is 9.82 Å². The lowest BCUT2D eigenvalue weighted by molar-refractivity contribution is -0.385. The van der Waals surface area contributed by atoms with Crippen molar-refractivity contribution in [3.05, 3.63) is 33.9 Å². The molecule has 0 aliphatic heterocycles. The number of benzene rings is 1. The van der Waals surface area contributed by atoms with Gasteiger partial charge in [-0.25, -0.2) is 13.1 Å². The molecule has 6 nitrogen and oxygen atoms in total. The monoisotopic (exact) mass is 286 g/mol. The van der Waals surface area contributed by atoms with Gasteiger partial charge >= 0.3 is 0 Å². The quantitative estimate of drug-likeness (QED) is 0.642. The molecule has 1 rings (SSSR count). The molecule has 0 bridgehead atoms. The lowest BCUT2D eigenvalue weighted by Crippen LogP contribution is -2.33. The van der Waals surface area contributed by atoms with E-state index in [0.29, 0.717) is 18.4 Å². The van der Waals surface area contributed by atoms with Crippen molar-refractivity contribution in [1.29, 1.82) is 0 Å². The van der Waals surface area contributed by atoms with Crippen LogP contribution in [0.4, 0.5) is 5.69 Å². The summed E-state index contributed by atoms with van der Waals surface area (Å²) >= 11 is 0. The molecule has 0 radical (unpaired) electrons. The van der Waals surface area contributed by atoms with E-state index in [1.807, 2.05) is 13.8 Å². The minimum Gasteiger partial charge on any atom is -0.258 e. The van der Waals surface area contributed by atoms with Gasteiger partial charge in [0.1, 0.15) is 0 Å². The average molecular weight is 286 g/mol. The number of nitrogens with one attached hydrogen (secondary N) is 1. The van der Waals surface area contributed by atoms with Crippen LogP contribution >= 0.6 is 0 Å². The van der Waals surface area contributed by atoms with E-state index in [9.17, 15) is 18.5 Å². The van der Waals surface area contributed by atoms with Crippen molar-refractivity contribution in [3.8, 4) is 0 Å². The highest BCUT2D eigenvalue weighted by molar-refractivity contribution is 7.89. The van der Waals surface area contributed by atoms with Crippen molar-refractivity contribution in [2.24, 2.45) is 0 Å². The van der Waals surface area contributed by atoms with Crippen LogP contribution in [0.25, 0.3) is 0 Å². The number of nitrogens with zero attached hydrogens (tertiary/aromatic N) is 1. The molecule has 0 saturated heterocycles. The van der Waals surface area contributed by atoms with Crippen molar-refractivity contribution in [2.45, 2.75) is 44.6 Å². The van der Waals surface area contributed by atoms with Gasteiger partial charge in [-0.3, -0.25) is 10.1 Å². The van der Waals surface area contributed by atoms with Gasteiger partial charge in [0, 0.05) is 17.7 Å². The number of sulfonamides is 1. The number of nitro benzene ring substituents is 1. The molecule has 0 saturated carbocycles. The molecule has 0 unspecified atom stereocenters. The zero-order valence-corrected chi connectivity index (χ0v) is 12.0. The Morgan fingerprint density at radius 2 is 1.89 bits per heavy atom. The predicted octanol–water partition coefficient (Wildman–Crippen LogP) is 2.37. The Labute approximate surface area is 113 Å². The molecule has 7 heteroatoms. The van der Waals surface area contributed by atoms with Gasteiger partial charge in [-0.05, 0) is 25.8 Å². The number of hydrogen-bond donors (Lipinski definition) is 1. The average Bonchev–Trinajstić information content (AvgIpc) is 2.35. The van der Waals surface area contributed by atoms with E-state index >= 15 is 0 Å². The van der Waals surface area contributed by atoms with E-state index in [1.165, 1.54) is 12.1 Å². The standard InChI is InChI=1S/C12H18N2O4S/c1-4-10(5-2)13-19(17,18)11-7-6-9(3)12(8-11)14(15)16/h6-8,10,13H,4-5H2,1-3H3. The van der Waals surface area contributed by atoms with Gasteiger partial charge in [-0.15, -0.1) is 0 Å². The lowest BCUT2D eigenvalue weighted by Gasteiger charge is -2.15. The van der Waals surface area contributed by atoms with Crippen LogP contribution in [0.3, 0.4) is 0 Å². The van der Waals surface area contributed by atoms with E-state index in [-0.39, 0.29) is 16.6 Å². The Morgan fingerprint density at radius 3 is 2.37 bits per heavy atom. The molecule has 0 aromatic heterocycles. The number of aryl methyl sites for hydroxylation is 1. The first-order chi connectivity index (χ1) is 8.81. The second-order valence-corrected chi connectivity index (χ2v) is 6.05. The molecule has 1 aromatic carbocycles. The molecule has 0 heterocycles. The summed E-state index contributed by atoms with van der Waals surface area (Å²) in [6.07, 6.45) is 1.34. The number of rotatable bonds is 6. The van der Waals surface area contributed by atoms with E-state index in [4.69, 9.17) is 0 Å². The summed E-state index contributed by atoms with van der Waals surface area (Å²) in [7, 11) is -3.71. The van der Waals surface area contributed by atoms with Crippen molar-refractivity contribution in [1.82, 2.24) is 4.72 Å². The summed E-state index contributed by atoms with van der Waals surface area (Å²) in [6.45, 7) is 5.34.